The van der Waals surface area contributed by atoms with Crippen molar-refractivity contribution < 1.29 is 22.4 Å². The zero-order chi connectivity index (χ0) is 20.9. The van der Waals surface area contributed by atoms with Crippen molar-refractivity contribution in [2.75, 3.05) is 23.4 Å². The molecule has 1 amide bonds. The van der Waals surface area contributed by atoms with Gasteiger partial charge in [-0.25, -0.2) is 9.37 Å². The Labute approximate surface area is 162 Å². The average molecular weight is 408 g/mol. The van der Waals surface area contributed by atoms with Gasteiger partial charge in [0, 0.05) is 25.4 Å². The fraction of sp³-hybridized carbons (Fsp3) is 0.333. The number of rotatable bonds is 3. The summed E-state index contributed by atoms with van der Waals surface area (Å²) >= 11 is 0. The molecule has 3 heterocycles. The molecule has 1 atom stereocenters. The molecule has 0 aliphatic carbocycles. The number of aromatic nitrogens is 4. The van der Waals surface area contributed by atoms with E-state index in [1.54, 1.807) is 20.0 Å². The summed E-state index contributed by atoms with van der Waals surface area (Å²) in [5, 5.41) is 3.53. The molecule has 0 radical (unpaired) electrons. The molecule has 0 spiro atoms. The summed E-state index contributed by atoms with van der Waals surface area (Å²) in [5.41, 5.74) is 0.599. The summed E-state index contributed by atoms with van der Waals surface area (Å²) in [6, 6.07) is 6.77. The Bertz CT molecular complexity index is 1100. The molecule has 1 aliphatic heterocycles. The van der Waals surface area contributed by atoms with Crippen molar-refractivity contribution in [3.05, 3.63) is 47.7 Å². The SMILES string of the molecule is Cc1cc(N(C)C2CCN(c3ccccc3F)C2=O)n2nc(C(F)(F)F)nc2n1. The van der Waals surface area contributed by atoms with Crippen LogP contribution in [0.4, 0.5) is 29.1 Å². The number of alkyl halides is 3. The molecule has 4 rings (SSSR count). The molecule has 7 nitrogen and oxygen atoms in total. The lowest BCUT2D eigenvalue weighted by Gasteiger charge is -2.26. The van der Waals surface area contributed by atoms with Crippen LogP contribution in [0.25, 0.3) is 5.78 Å². The van der Waals surface area contributed by atoms with Crippen LogP contribution in [0.5, 0.6) is 0 Å². The first-order valence-corrected chi connectivity index (χ1v) is 8.77. The van der Waals surface area contributed by atoms with Gasteiger partial charge in [-0.1, -0.05) is 12.1 Å². The number of amides is 1. The highest BCUT2D eigenvalue weighted by Crippen LogP contribution is 2.30. The highest BCUT2D eigenvalue weighted by Gasteiger charge is 2.39. The fourth-order valence-electron chi connectivity index (χ4n) is 3.43. The van der Waals surface area contributed by atoms with Crippen LogP contribution in [-0.4, -0.2) is 45.1 Å². The van der Waals surface area contributed by atoms with Gasteiger partial charge in [0.2, 0.25) is 5.91 Å². The quantitative estimate of drug-likeness (QED) is 0.624. The Morgan fingerprint density at radius 1 is 1.21 bits per heavy atom. The molecule has 11 heteroatoms. The largest absolute Gasteiger partial charge is 0.453 e. The van der Waals surface area contributed by atoms with E-state index in [2.05, 4.69) is 15.1 Å². The number of benzene rings is 1. The van der Waals surface area contributed by atoms with Crippen LogP contribution in [0, 0.1) is 12.7 Å². The molecule has 1 aliphatic rings. The zero-order valence-corrected chi connectivity index (χ0v) is 15.5. The number of anilines is 2. The lowest BCUT2D eigenvalue weighted by atomic mass is 10.2. The summed E-state index contributed by atoms with van der Waals surface area (Å²) < 4.78 is 54.1. The number of aryl methyl sites for hydroxylation is 1. The van der Waals surface area contributed by atoms with E-state index in [1.165, 1.54) is 34.1 Å². The maximum absolute atomic E-state index is 14.1. The molecule has 0 bridgehead atoms. The van der Waals surface area contributed by atoms with E-state index in [9.17, 15) is 22.4 Å². The molecule has 2 aromatic heterocycles. The molecule has 152 valence electrons. The predicted octanol–water partition coefficient (Wildman–Crippen LogP) is 2.83. The van der Waals surface area contributed by atoms with Gasteiger partial charge in [-0.3, -0.25) is 4.79 Å². The van der Waals surface area contributed by atoms with Gasteiger partial charge >= 0.3 is 6.18 Å². The number of likely N-dealkylation sites (N-methyl/N-ethyl adjacent to an activating group) is 1. The van der Waals surface area contributed by atoms with Crippen molar-refractivity contribution in [1.82, 2.24) is 19.6 Å². The van der Waals surface area contributed by atoms with E-state index < -0.39 is 23.9 Å². The fourth-order valence-corrected chi connectivity index (χ4v) is 3.43. The van der Waals surface area contributed by atoms with Crippen molar-refractivity contribution >= 4 is 23.2 Å². The first-order chi connectivity index (χ1) is 13.7. The maximum atomic E-state index is 14.1. The van der Waals surface area contributed by atoms with Gasteiger partial charge in [-0.2, -0.15) is 22.7 Å². The Morgan fingerprint density at radius 2 is 1.93 bits per heavy atom. The molecule has 0 saturated carbocycles. The Morgan fingerprint density at radius 3 is 2.62 bits per heavy atom. The number of hydrogen-bond donors (Lipinski definition) is 0. The van der Waals surface area contributed by atoms with Gasteiger partial charge in [-0.05, 0) is 25.5 Å². The average Bonchev–Trinajstić information content (AvgIpc) is 3.24. The summed E-state index contributed by atoms with van der Waals surface area (Å²) in [5.74, 6) is -2.15. The van der Waals surface area contributed by atoms with E-state index in [-0.39, 0.29) is 29.7 Å². The van der Waals surface area contributed by atoms with Crippen molar-refractivity contribution in [3.63, 3.8) is 0 Å². The molecular weight excluding hydrogens is 392 g/mol. The molecule has 1 fully saturated rings. The Hall–Kier alpha value is -3.24. The Balaban J connectivity index is 1.71. The standard InChI is InChI=1S/C18H16F4N6O/c1-10-9-14(28-17(23-10)24-16(25-28)18(20,21)22)26(2)13-7-8-27(15(13)29)12-6-4-3-5-11(12)19/h3-6,9,13H,7-8H2,1-2H3. The summed E-state index contributed by atoms with van der Waals surface area (Å²) in [6.45, 7) is 1.90. The van der Waals surface area contributed by atoms with Crippen molar-refractivity contribution in [2.45, 2.75) is 25.6 Å². The number of carbonyl (C=O) groups is 1. The second-order valence-electron chi connectivity index (χ2n) is 6.76. The van der Waals surface area contributed by atoms with Crippen LogP contribution in [0.2, 0.25) is 0 Å². The second kappa shape index (κ2) is 6.68. The third-order valence-electron chi connectivity index (χ3n) is 4.82. The number of hydrogen-bond acceptors (Lipinski definition) is 5. The Kier molecular flexibility index (Phi) is 4.39. The van der Waals surface area contributed by atoms with Crippen LogP contribution >= 0.6 is 0 Å². The smallest absolute Gasteiger partial charge is 0.347 e. The van der Waals surface area contributed by atoms with Crippen molar-refractivity contribution in [1.29, 1.82) is 0 Å². The van der Waals surface area contributed by atoms with Crippen LogP contribution in [-0.2, 0) is 11.0 Å². The number of para-hydroxylation sites is 1. The minimum absolute atomic E-state index is 0.171. The minimum Gasteiger partial charge on any atom is -0.347 e. The van der Waals surface area contributed by atoms with E-state index in [1.807, 2.05) is 0 Å². The van der Waals surface area contributed by atoms with Gasteiger partial charge < -0.3 is 9.80 Å². The normalized spacial score (nSPS) is 17.4. The first kappa shape index (κ1) is 19.1. The minimum atomic E-state index is -4.72. The predicted molar refractivity (Wildman–Crippen MR) is 96.1 cm³/mol. The van der Waals surface area contributed by atoms with Crippen LogP contribution in [0.3, 0.4) is 0 Å². The van der Waals surface area contributed by atoms with Gasteiger partial charge in [0.25, 0.3) is 11.6 Å². The summed E-state index contributed by atoms with van der Waals surface area (Å²) in [6.07, 6.45) is -4.35. The van der Waals surface area contributed by atoms with Crippen LogP contribution in [0.1, 0.15) is 17.9 Å². The third kappa shape index (κ3) is 3.26. The van der Waals surface area contributed by atoms with Gasteiger partial charge in [0.05, 0.1) is 5.69 Å². The first-order valence-electron chi connectivity index (χ1n) is 8.77. The van der Waals surface area contributed by atoms with E-state index in [4.69, 9.17) is 0 Å². The maximum Gasteiger partial charge on any atom is 0.453 e. The highest BCUT2D eigenvalue weighted by molar-refractivity contribution is 6.01. The third-order valence-corrected chi connectivity index (χ3v) is 4.82. The van der Waals surface area contributed by atoms with E-state index in [0.29, 0.717) is 12.1 Å². The van der Waals surface area contributed by atoms with Gasteiger partial charge in [0.15, 0.2) is 0 Å². The highest BCUT2D eigenvalue weighted by atomic mass is 19.4. The molecular formula is C18H16F4N6O. The number of halogens is 4. The van der Waals surface area contributed by atoms with Crippen LogP contribution < -0.4 is 9.80 Å². The number of fused-ring (bicyclic) bond motifs is 1. The molecule has 0 N–H and O–H groups in total. The van der Waals surface area contributed by atoms with Gasteiger partial charge in [0.1, 0.15) is 17.7 Å². The number of carbonyl (C=O) groups excluding carboxylic acids is 1. The van der Waals surface area contributed by atoms with Crippen LogP contribution in [0.15, 0.2) is 30.3 Å². The molecule has 1 saturated heterocycles. The monoisotopic (exact) mass is 408 g/mol. The van der Waals surface area contributed by atoms with Gasteiger partial charge in [-0.15, -0.1) is 5.10 Å². The lowest BCUT2D eigenvalue weighted by Crippen LogP contribution is -2.41. The topological polar surface area (TPSA) is 66.6 Å². The van der Waals surface area contributed by atoms with Crippen molar-refractivity contribution in [3.8, 4) is 0 Å². The molecule has 3 aromatic rings. The molecule has 1 aromatic carbocycles. The van der Waals surface area contributed by atoms with E-state index in [0.717, 1.165) is 4.52 Å². The lowest BCUT2D eigenvalue weighted by molar-refractivity contribution is -0.144. The van der Waals surface area contributed by atoms with Crippen molar-refractivity contribution in [2.24, 2.45) is 0 Å². The summed E-state index contributed by atoms with van der Waals surface area (Å²) in [4.78, 5) is 23.2. The van der Waals surface area contributed by atoms with E-state index >= 15 is 0 Å². The zero-order valence-electron chi connectivity index (χ0n) is 15.5. The summed E-state index contributed by atoms with van der Waals surface area (Å²) in [7, 11) is 1.58. The second-order valence-corrected chi connectivity index (χ2v) is 6.76. The molecule has 29 heavy (non-hydrogen) atoms. The molecule has 1 unspecified atom stereocenters. The number of nitrogens with zero attached hydrogens (tertiary/aromatic N) is 6.